The highest BCUT2D eigenvalue weighted by molar-refractivity contribution is 5.91. The predicted octanol–water partition coefficient (Wildman–Crippen LogP) is 2.07. The topological polar surface area (TPSA) is 50.2 Å². The van der Waals surface area contributed by atoms with Gasteiger partial charge in [0.2, 0.25) is 0 Å². The Bertz CT molecular complexity index is 510. The monoisotopic (exact) mass is 191 g/mol. The van der Waals surface area contributed by atoms with Crippen LogP contribution in [0.1, 0.15) is 10.5 Å². The molecule has 70 valence electrons. The minimum absolute atomic E-state index is 0.0805. The van der Waals surface area contributed by atoms with E-state index in [0.29, 0.717) is 5.39 Å². The third kappa shape index (κ3) is 1.42. The van der Waals surface area contributed by atoms with Gasteiger partial charge in [0.1, 0.15) is 11.5 Å². The molecule has 2 aromatic rings. The van der Waals surface area contributed by atoms with Gasteiger partial charge in [-0.2, -0.15) is 0 Å². The molecule has 3 nitrogen and oxygen atoms in total. The number of aromatic carboxylic acids is 1. The Balaban J connectivity index is 2.69. The number of fused-ring (bicyclic) bond motifs is 1. The zero-order chi connectivity index (χ0) is 10.1. The molecule has 0 aliphatic heterocycles. The SMILES string of the molecule is O=C(O)c1cc2cc(F)ccc2cn1. The molecule has 0 amide bonds. The van der Waals surface area contributed by atoms with Gasteiger partial charge >= 0.3 is 5.97 Å². The van der Waals surface area contributed by atoms with Gasteiger partial charge in [-0.25, -0.2) is 14.2 Å². The molecule has 1 aromatic carbocycles. The maximum absolute atomic E-state index is 12.8. The summed E-state index contributed by atoms with van der Waals surface area (Å²) in [7, 11) is 0. The van der Waals surface area contributed by atoms with Crippen LogP contribution in [0.5, 0.6) is 0 Å². The zero-order valence-corrected chi connectivity index (χ0v) is 7.07. The molecule has 2 rings (SSSR count). The van der Waals surface area contributed by atoms with E-state index in [0.717, 1.165) is 5.39 Å². The van der Waals surface area contributed by atoms with Gasteiger partial charge in [-0.1, -0.05) is 0 Å². The van der Waals surface area contributed by atoms with Crippen LogP contribution in [0.15, 0.2) is 30.5 Å². The second-order valence-corrected chi connectivity index (χ2v) is 2.87. The van der Waals surface area contributed by atoms with Crippen LogP contribution in [0, 0.1) is 5.82 Å². The number of hydrogen-bond donors (Lipinski definition) is 1. The molecule has 0 radical (unpaired) electrons. The van der Waals surface area contributed by atoms with Crippen molar-refractivity contribution >= 4 is 16.7 Å². The molecule has 0 saturated carbocycles. The third-order valence-corrected chi connectivity index (χ3v) is 1.90. The lowest BCUT2D eigenvalue weighted by atomic mass is 10.1. The van der Waals surface area contributed by atoms with Gasteiger partial charge in [-0.3, -0.25) is 0 Å². The normalized spacial score (nSPS) is 10.4. The molecule has 0 atom stereocenters. The molecule has 0 aliphatic rings. The van der Waals surface area contributed by atoms with Crippen LogP contribution in [0.3, 0.4) is 0 Å². The van der Waals surface area contributed by atoms with Gasteiger partial charge in [0.25, 0.3) is 0 Å². The van der Waals surface area contributed by atoms with E-state index < -0.39 is 5.97 Å². The number of rotatable bonds is 1. The molecule has 14 heavy (non-hydrogen) atoms. The lowest BCUT2D eigenvalue weighted by molar-refractivity contribution is 0.0690. The first-order valence-electron chi connectivity index (χ1n) is 3.95. The van der Waals surface area contributed by atoms with E-state index in [1.165, 1.54) is 24.4 Å². The van der Waals surface area contributed by atoms with E-state index in [2.05, 4.69) is 4.98 Å². The Hall–Kier alpha value is -1.97. The summed E-state index contributed by atoms with van der Waals surface area (Å²) in [5.74, 6) is -1.50. The Kier molecular flexibility index (Phi) is 1.89. The number of benzene rings is 1. The maximum Gasteiger partial charge on any atom is 0.354 e. The number of pyridine rings is 1. The lowest BCUT2D eigenvalue weighted by Crippen LogP contribution is -1.99. The fourth-order valence-corrected chi connectivity index (χ4v) is 1.23. The molecule has 0 saturated heterocycles. The first-order chi connectivity index (χ1) is 6.66. The average Bonchev–Trinajstić information content (AvgIpc) is 2.16. The van der Waals surface area contributed by atoms with Crippen LogP contribution < -0.4 is 0 Å². The molecule has 4 heteroatoms. The van der Waals surface area contributed by atoms with Gasteiger partial charge in [0, 0.05) is 11.6 Å². The van der Waals surface area contributed by atoms with Crippen molar-refractivity contribution in [3.05, 3.63) is 42.0 Å². The van der Waals surface area contributed by atoms with E-state index in [1.54, 1.807) is 6.07 Å². The number of carbonyl (C=O) groups is 1. The average molecular weight is 191 g/mol. The summed E-state index contributed by atoms with van der Waals surface area (Å²) in [6.45, 7) is 0. The number of halogens is 1. The van der Waals surface area contributed by atoms with Crippen LogP contribution in [-0.4, -0.2) is 16.1 Å². The number of carboxylic acid groups (broad SMARTS) is 1. The first-order valence-corrected chi connectivity index (χ1v) is 3.95. The Morgan fingerprint density at radius 2 is 2.07 bits per heavy atom. The van der Waals surface area contributed by atoms with Gasteiger partial charge in [0.15, 0.2) is 0 Å². The van der Waals surface area contributed by atoms with Crippen molar-refractivity contribution in [2.45, 2.75) is 0 Å². The van der Waals surface area contributed by atoms with Crippen LogP contribution >= 0.6 is 0 Å². The summed E-state index contributed by atoms with van der Waals surface area (Å²) in [4.78, 5) is 14.3. The van der Waals surface area contributed by atoms with E-state index >= 15 is 0 Å². The highest BCUT2D eigenvalue weighted by atomic mass is 19.1. The number of hydrogen-bond acceptors (Lipinski definition) is 2. The number of carboxylic acids is 1. The summed E-state index contributed by atoms with van der Waals surface area (Å²) < 4.78 is 12.8. The Labute approximate surface area is 78.8 Å². The first kappa shape index (κ1) is 8.62. The van der Waals surface area contributed by atoms with Crippen molar-refractivity contribution in [3.8, 4) is 0 Å². The van der Waals surface area contributed by atoms with Gasteiger partial charge in [0.05, 0.1) is 0 Å². The van der Waals surface area contributed by atoms with Gasteiger partial charge < -0.3 is 5.11 Å². The fraction of sp³-hybridized carbons (Fsp3) is 0. The molecule has 1 heterocycles. The summed E-state index contributed by atoms with van der Waals surface area (Å²) in [5.41, 5.74) is -0.0805. The quantitative estimate of drug-likeness (QED) is 0.750. The van der Waals surface area contributed by atoms with Crippen molar-refractivity contribution in [1.82, 2.24) is 4.98 Å². The molecule has 0 unspecified atom stereocenters. The van der Waals surface area contributed by atoms with Crippen LogP contribution in [0.2, 0.25) is 0 Å². The van der Waals surface area contributed by atoms with Crippen molar-refractivity contribution in [2.24, 2.45) is 0 Å². The molecule has 0 bridgehead atoms. The second-order valence-electron chi connectivity index (χ2n) is 2.87. The van der Waals surface area contributed by atoms with E-state index in [9.17, 15) is 9.18 Å². The van der Waals surface area contributed by atoms with Crippen molar-refractivity contribution in [2.75, 3.05) is 0 Å². The molecular formula is C10H6FNO2. The highest BCUT2D eigenvalue weighted by Gasteiger charge is 2.05. The largest absolute Gasteiger partial charge is 0.477 e. The van der Waals surface area contributed by atoms with E-state index in [4.69, 9.17) is 5.11 Å². The highest BCUT2D eigenvalue weighted by Crippen LogP contribution is 2.15. The maximum atomic E-state index is 12.8. The standard InChI is InChI=1S/C10H6FNO2/c11-8-2-1-6-5-12-9(10(13)14)4-7(6)3-8/h1-5H,(H,13,14). The second kappa shape index (κ2) is 3.06. The smallest absolute Gasteiger partial charge is 0.354 e. The summed E-state index contributed by atoms with van der Waals surface area (Å²) in [5, 5.41) is 9.92. The minimum atomic E-state index is -1.11. The lowest BCUT2D eigenvalue weighted by Gasteiger charge is -1.98. The predicted molar refractivity (Wildman–Crippen MR) is 48.7 cm³/mol. The van der Waals surface area contributed by atoms with Gasteiger partial charge in [-0.15, -0.1) is 0 Å². The van der Waals surface area contributed by atoms with Crippen LogP contribution in [-0.2, 0) is 0 Å². The molecule has 0 spiro atoms. The molecule has 0 aliphatic carbocycles. The third-order valence-electron chi connectivity index (χ3n) is 1.90. The van der Waals surface area contributed by atoms with Gasteiger partial charge in [-0.05, 0) is 29.7 Å². The number of aromatic nitrogens is 1. The van der Waals surface area contributed by atoms with E-state index in [1.807, 2.05) is 0 Å². The molecular weight excluding hydrogens is 185 g/mol. The van der Waals surface area contributed by atoms with Crippen LogP contribution in [0.4, 0.5) is 4.39 Å². The Morgan fingerprint density at radius 3 is 2.79 bits per heavy atom. The summed E-state index contributed by atoms with van der Waals surface area (Å²) in [6.07, 6.45) is 1.41. The summed E-state index contributed by atoms with van der Waals surface area (Å²) in [6, 6.07) is 5.50. The zero-order valence-electron chi connectivity index (χ0n) is 7.07. The summed E-state index contributed by atoms with van der Waals surface area (Å²) >= 11 is 0. The number of nitrogens with zero attached hydrogens (tertiary/aromatic N) is 1. The molecule has 1 N–H and O–H groups in total. The van der Waals surface area contributed by atoms with Crippen LogP contribution in [0.25, 0.3) is 10.8 Å². The van der Waals surface area contributed by atoms with Crippen molar-refractivity contribution < 1.29 is 14.3 Å². The Morgan fingerprint density at radius 1 is 1.29 bits per heavy atom. The minimum Gasteiger partial charge on any atom is -0.477 e. The molecule has 1 aromatic heterocycles. The fourth-order valence-electron chi connectivity index (χ4n) is 1.23. The van der Waals surface area contributed by atoms with Crippen molar-refractivity contribution in [3.63, 3.8) is 0 Å². The van der Waals surface area contributed by atoms with E-state index in [-0.39, 0.29) is 11.5 Å². The molecule has 0 fully saturated rings. The van der Waals surface area contributed by atoms with Crippen molar-refractivity contribution in [1.29, 1.82) is 0 Å².